The van der Waals surface area contributed by atoms with E-state index in [2.05, 4.69) is 19.9 Å². The standard InChI is InChI=1S/C16H14N4/c1-11-3-4-14(8-17-11)16-6-5-13(7-20-16)15-9-18-12(2)19-10-15/h3-10H,1-2H3. The van der Waals surface area contributed by atoms with E-state index >= 15 is 0 Å². The first-order valence-electron chi connectivity index (χ1n) is 6.40. The molecule has 0 unspecified atom stereocenters. The molecule has 0 radical (unpaired) electrons. The van der Waals surface area contributed by atoms with Gasteiger partial charge in [-0.2, -0.15) is 0 Å². The van der Waals surface area contributed by atoms with Crippen LogP contribution in [0, 0.1) is 13.8 Å². The van der Waals surface area contributed by atoms with Gasteiger partial charge >= 0.3 is 0 Å². The lowest BCUT2D eigenvalue weighted by Gasteiger charge is -2.04. The summed E-state index contributed by atoms with van der Waals surface area (Å²) in [4.78, 5) is 17.2. The Hall–Kier alpha value is -2.62. The lowest BCUT2D eigenvalue weighted by atomic mass is 10.1. The van der Waals surface area contributed by atoms with E-state index in [0.717, 1.165) is 33.9 Å². The number of aromatic nitrogens is 4. The average Bonchev–Trinajstić information content (AvgIpc) is 2.49. The molecule has 0 bridgehead atoms. The molecular weight excluding hydrogens is 248 g/mol. The van der Waals surface area contributed by atoms with E-state index in [9.17, 15) is 0 Å². The number of nitrogens with zero attached hydrogens (tertiary/aromatic N) is 4. The van der Waals surface area contributed by atoms with E-state index in [-0.39, 0.29) is 0 Å². The molecule has 0 saturated heterocycles. The minimum atomic E-state index is 0.768. The topological polar surface area (TPSA) is 51.6 Å². The van der Waals surface area contributed by atoms with Gasteiger partial charge in [0.15, 0.2) is 0 Å². The molecule has 0 aliphatic rings. The largest absolute Gasteiger partial charge is 0.261 e. The van der Waals surface area contributed by atoms with Crippen molar-refractivity contribution in [2.45, 2.75) is 13.8 Å². The van der Waals surface area contributed by atoms with Crippen molar-refractivity contribution in [1.82, 2.24) is 19.9 Å². The first kappa shape index (κ1) is 12.4. The molecule has 0 atom stereocenters. The van der Waals surface area contributed by atoms with Crippen molar-refractivity contribution in [2.75, 3.05) is 0 Å². The van der Waals surface area contributed by atoms with E-state index in [1.165, 1.54) is 0 Å². The Labute approximate surface area is 117 Å². The molecule has 0 spiro atoms. The van der Waals surface area contributed by atoms with E-state index in [0.29, 0.717) is 0 Å². The van der Waals surface area contributed by atoms with Gasteiger partial charge < -0.3 is 0 Å². The molecule has 98 valence electrons. The third kappa shape index (κ3) is 2.54. The van der Waals surface area contributed by atoms with E-state index in [1.807, 2.05) is 62.9 Å². The first-order chi connectivity index (χ1) is 9.72. The van der Waals surface area contributed by atoms with Crippen molar-refractivity contribution < 1.29 is 0 Å². The van der Waals surface area contributed by atoms with Gasteiger partial charge in [0, 0.05) is 47.2 Å². The summed E-state index contributed by atoms with van der Waals surface area (Å²) in [5, 5.41) is 0. The molecule has 0 aliphatic heterocycles. The zero-order valence-electron chi connectivity index (χ0n) is 11.4. The van der Waals surface area contributed by atoms with Gasteiger partial charge in [0.05, 0.1) is 5.69 Å². The van der Waals surface area contributed by atoms with Gasteiger partial charge in [-0.25, -0.2) is 9.97 Å². The van der Waals surface area contributed by atoms with E-state index in [1.54, 1.807) is 0 Å². The lowest BCUT2D eigenvalue weighted by Crippen LogP contribution is -1.90. The van der Waals surface area contributed by atoms with Gasteiger partial charge in [0.25, 0.3) is 0 Å². The lowest BCUT2D eigenvalue weighted by molar-refractivity contribution is 1.05. The summed E-state index contributed by atoms with van der Waals surface area (Å²) in [7, 11) is 0. The highest BCUT2D eigenvalue weighted by molar-refractivity contribution is 5.65. The van der Waals surface area contributed by atoms with E-state index in [4.69, 9.17) is 0 Å². The van der Waals surface area contributed by atoms with Crippen molar-refractivity contribution in [3.05, 3.63) is 60.6 Å². The molecule has 0 fully saturated rings. The second-order valence-corrected chi connectivity index (χ2v) is 4.64. The van der Waals surface area contributed by atoms with Crippen LogP contribution >= 0.6 is 0 Å². The summed E-state index contributed by atoms with van der Waals surface area (Å²) in [5.41, 5.74) is 4.91. The fourth-order valence-electron chi connectivity index (χ4n) is 1.90. The highest BCUT2D eigenvalue weighted by atomic mass is 14.8. The summed E-state index contributed by atoms with van der Waals surface area (Å²) in [5.74, 6) is 0.768. The van der Waals surface area contributed by atoms with Crippen molar-refractivity contribution in [3.8, 4) is 22.4 Å². The van der Waals surface area contributed by atoms with Crippen molar-refractivity contribution in [1.29, 1.82) is 0 Å². The third-order valence-electron chi connectivity index (χ3n) is 3.08. The zero-order valence-corrected chi connectivity index (χ0v) is 11.4. The fraction of sp³-hybridized carbons (Fsp3) is 0.125. The van der Waals surface area contributed by atoms with Crippen LogP contribution < -0.4 is 0 Å². The van der Waals surface area contributed by atoms with Gasteiger partial charge in [0.2, 0.25) is 0 Å². The predicted octanol–water partition coefficient (Wildman–Crippen LogP) is 3.22. The van der Waals surface area contributed by atoms with Crippen molar-refractivity contribution >= 4 is 0 Å². The Morgan fingerprint density at radius 2 is 1.25 bits per heavy atom. The summed E-state index contributed by atoms with van der Waals surface area (Å²) in [6.07, 6.45) is 7.30. The highest BCUT2D eigenvalue weighted by Crippen LogP contribution is 2.21. The van der Waals surface area contributed by atoms with Crippen molar-refractivity contribution in [2.24, 2.45) is 0 Å². The van der Waals surface area contributed by atoms with Gasteiger partial charge in [-0.05, 0) is 32.0 Å². The minimum absolute atomic E-state index is 0.768. The predicted molar refractivity (Wildman–Crippen MR) is 78.0 cm³/mol. The number of hydrogen-bond donors (Lipinski definition) is 0. The normalized spacial score (nSPS) is 10.5. The van der Waals surface area contributed by atoms with Gasteiger partial charge in [-0.1, -0.05) is 6.07 Å². The SMILES string of the molecule is Cc1ccc(-c2ccc(-c3cnc(C)nc3)cn2)cn1. The molecule has 3 aromatic rings. The maximum atomic E-state index is 4.48. The molecule has 20 heavy (non-hydrogen) atoms. The second-order valence-electron chi connectivity index (χ2n) is 4.64. The number of aryl methyl sites for hydroxylation is 2. The van der Waals surface area contributed by atoms with Crippen molar-refractivity contribution in [3.63, 3.8) is 0 Å². The van der Waals surface area contributed by atoms with Crippen LogP contribution in [0.25, 0.3) is 22.4 Å². The van der Waals surface area contributed by atoms with Gasteiger partial charge in [-0.15, -0.1) is 0 Å². The Morgan fingerprint density at radius 3 is 1.85 bits per heavy atom. The number of rotatable bonds is 2. The molecule has 0 saturated carbocycles. The van der Waals surface area contributed by atoms with Crippen LogP contribution in [-0.2, 0) is 0 Å². The Bertz CT molecular complexity index is 636. The summed E-state index contributed by atoms with van der Waals surface area (Å²) < 4.78 is 0. The molecular formula is C16H14N4. The Kier molecular flexibility index (Phi) is 3.21. The van der Waals surface area contributed by atoms with E-state index < -0.39 is 0 Å². The molecule has 0 amide bonds. The average molecular weight is 262 g/mol. The maximum absolute atomic E-state index is 4.48. The smallest absolute Gasteiger partial charge is 0.125 e. The highest BCUT2D eigenvalue weighted by Gasteiger charge is 2.02. The zero-order chi connectivity index (χ0) is 13.9. The number of pyridine rings is 2. The van der Waals surface area contributed by atoms with Crippen LogP contribution in [0.5, 0.6) is 0 Å². The first-order valence-corrected chi connectivity index (χ1v) is 6.40. The fourth-order valence-corrected chi connectivity index (χ4v) is 1.90. The molecule has 0 aliphatic carbocycles. The van der Waals surface area contributed by atoms with Crippen LogP contribution in [0.4, 0.5) is 0 Å². The van der Waals surface area contributed by atoms with Crippen LogP contribution in [0.3, 0.4) is 0 Å². The van der Waals surface area contributed by atoms with Crippen LogP contribution in [0.2, 0.25) is 0 Å². The molecule has 3 rings (SSSR count). The summed E-state index contributed by atoms with van der Waals surface area (Å²) >= 11 is 0. The molecule has 3 heterocycles. The minimum Gasteiger partial charge on any atom is -0.261 e. The Balaban J connectivity index is 1.91. The monoisotopic (exact) mass is 262 g/mol. The Morgan fingerprint density at radius 1 is 0.600 bits per heavy atom. The molecule has 4 nitrogen and oxygen atoms in total. The molecule has 0 aromatic carbocycles. The quantitative estimate of drug-likeness (QED) is 0.711. The third-order valence-corrected chi connectivity index (χ3v) is 3.08. The summed E-state index contributed by atoms with van der Waals surface area (Å²) in [6.45, 7) is 3.84. The molecule has 0 N–H and O–H groups in total. The number of hydrogen-bond acceptors (Lipinski definition) is 4. The maximum Gasteiger partial charge on any atom is 0.125 e. The second kappa shape index (κ2) is 5.17. The molecule has 4 heteroatoms. The summed E-state index contributed by atoms with van der Waals surface area (Å²) in [6, 6.07) is 8.02. The molecule has 3 aromatic heterocycles. The van der Waals surface area contributed by atoms with Crippen LogP contribution in [-0.4, -0.2) is 19.9 Å². The van der Waals surface area contributed by atoms with Crippen LogP contribution in [0.15, 0.2) is 49.1 Å². The van der Waals surface area contributed by atoms with Crippen LogP contribution in [0.1, 0.15) is 11.5 Å². The van der Waals surface area contributed by atoms with Gasteiger partial charge in [-0.3, -0.25) is 9.97 Å². The van der Waals surface area contributed by atoms with Gasteiger partial charge in [0.1, 0.15) is 5.82 Å².